The van der Waals surface area contributed by atoms with Crippen molar-refractivity contribution >= 4 is 11.6 Å². The number of nitrogen functional groups attached to an aromatic ring is 1. The van der Waals surface area contributed by atoms with Gasteiger partial charge in [-0.15, -0.1) is 0 Å². The first-order valence-electron chi connectivity index (χ1n) is 7.06. The number of carbonyl (C=O) groups is 1. The van der Waals surface area contributed by atoms with Gasteiger partial charge < -0.3 is 30.2 Å². The van der Waals surface area contributed by atoms with Crippen LogP contribution in [0.4, 0.5) is 5.69 Å². The molecule has 1 heterocycles. The summed E-state index contributed by atoms with van der Waals surface area (Å²) in [6, 6.07) is 4.49. The normalized spacial score (nSPS) is 10.1. The van der Waals surface area contributed by atoms with Crippen molar-refractivity contribution in [3.05, 3.63) is 45.9 Å². The lowest BCUT2D eigenvalue weighted by Gasteiger charge is -2.17. The molecule has 128 valence electrons. The Morgan fingerprint density at radius 1 is 1.17 bits per heavy atom. The van der Waals surface area contributed by atoms with Crippen LogP contribution >= 0.6 is 0 Å². The second-order valence-electron chi connectivity index (χ2n) is 4.85. The average molecular weight is 333 g/mol. The molecule has 1 amide bonds. The lowest BCUT2D eigenvalue weighted by molar-refractivity contribution is 0.0951. The Morgan fingerprint density at radius 3 is 2.42 bits per heavy atom. The molecule has 0 aliphatic rings. The van der Waals surface area contributed by atoms with Crippen molar-refractivity contribution in [1.29, 1.82) is 0 Å². The zero-order valence-electron chi connectivity index (χ0n) is 13.6. The Bertz CT molecular complexity index is 781. The van der Waals surface area contributed by atoms with Gasteiger partial charge in [0.25, 0.3) is 5.91 Å². The fourth-order valence-corrected chi connectivity index (χ4v) is 2.20. The molecule has 2 rings (SSSR count). The predicted octanol–water partition coefficient (Wildman–Crippen LogP) is 0.913. The maximum Gasteiger partial charge on any atom is 0.253 e. The van der Waals surface area contributed by atoms with Crippen molar-refractivity contribution in [2.24, 2.45) is 0 Å². The minimum Gasteiger partial charge on any atom is -0.493 e. The van der Waals surface area contributed by atoms with Crippen LogP contribution in [-0.2, 0) is 6.54 Å². The first-order valence-corrected chi connectivity index (χ1v) is 7.06. The van der Waals surface area contributed by atoms with Gasteiger partial charge in [0.1, 0.15) is 0 Å². The highest BCUT2D eigenvalue weighted by atomic mass is 16.5. The van der Waals surface area contributed by atoms with E-state index in [4.69, 9.17) is 19.9 Å². The third-order valence-corrected chi connectivity index (χ3v) is 3.41. The van der Waals surface area contributed by atoms with Crippen molar-refractivity contribution in [3.8, 4) is 17.2 Å². The fraction of sp³-hybridized carbons (Fsp3) is 0.250. The van der Waals surface area contributed by atoms with E-state index >= 15 is 0 Å². The molecule has 0 saturated heterocycles. The first-order chi connectivity index (χ1) is 11.5. The van der Waals surface area contributed by atoms with E-state index in [2.05, 4.69) is 10.3 Å². The molecule has 0 radical (unpaired) electrons. The second kappa shape index (κ2) is 7.40. The molecule has 24 heavy (non-hydrogen) atoms. The number of pyridine rings is 1. The number of carbonyl (C=O) groups excluding carboxylic acids is 1. The van der Waals surface area contributed by atoms with Crippen LogP contribution in [-0.4, -0.2) is 32.2 Å². The molecule has 0 fully saturated rings. The standard InChI is InChI=1S/C16H19N3O5/c1-22-11-6-10(13(17)15(24-3)14(11)23-2)16(21)19-8-9-4-5-12(20)18-7-9/h4-7H,8,17H2,1-3H3,(H,18,20)(H,19,21). The summed E-state index contributed by atoms with van der Waals surface area (Å²) in [5, 5.41) is 2.72. The number of hydrogen-bond acceptors (Lipinski definition) is 6. The van der Waals surface area contributed by atoms with Gasteiger partial charge in [-0.25, -0.2) is 0 Å². The number of amides is 1. The summed E-state index contributed by atoms with van der Waals surface area (Å²) < 4.78 is 15.7. The van der Waals surface area contributed by atoms with Crippen LogP contribution in [0, 0.1) is 0 Å². The Labute approximate surface area is 138 Å². The molecular formula is C16H19N3O5. The number of hydrogen-bond donors (Lipinski definition) is 3. The quantitative estimate of drug-likeness (QED) is 0.677. The highest BCUT2D eigenvalue weighted by Gasteiger charge is 2.22. The minimum absolute atomic E-state index is 0.147. The number of anilines is 1. The Hall–Kier alpha value is -3.16. The van der Waals surface area contributed by atoms with Gasteiger partial charge >= 0.3 is 0 Å². The van der Waals surface area contributed by atoms with E-state index in [9.17, 15) is 9.59 Å². The smallest absolute Gasteiger partial charge is 0.253 e. The number of ether oxygens (including phenoxy) is 3. The number of H-pyrrole nitrogens is 1. The highest BCUT2D eigenvalue weighted by Crippen LogP contribution is 2.43. The predicted molar refractivity (Wildman–Crippen MR) is 88.7 cm³/mol. The fourth-order valence-electron chi connectivity index (χ4n) is 2.20. The van der Waals surface area contributed by atoms with Gasteiger partial charge in [-0.2, -0.15) is 0 Å². The summed E-state index contributed by atoms with van der Waals surface area (Å²) in [6.45, 7) is 0.228. The Kier molecular flexibility index (Phi) is 5.31. The van der Waals surface area contributed by atoms with Gasteiger partial charge in [0.15, 0.2) is 11.5 Å². The molecule has 0 unspecified atom stereocenters. The van der Waals surface area contributed by atoms with Crippen LogP contribution in [0.1, 0.15) is 15.9 Å². The summed E-state index contributed by atoms with van der Waals surface area (Å²) >= 11 is 0. The molecule has 0 saturated carbocycles. The van der Waals surface area contributed by atoms with E-state index in [0.717, 1.165) is 5.56 Å². The summed E-state index contributed by atoms with van der Waals surface area (Å²) in [6.07, 6.45) is 1.53. The summed E-state index contributed by atoms with van der Waals surface area (Å²) in [7, 11) is 4.33. The zero-order valence-corrected chi connectivity index (χ0v) is 13.6. The van der Waals surface area contributed by atoms with Gasteiger partial charge in [0.2, 0.25) is 11.3 Å². The maximum atomic E-state index is 12.4. The number of nitrogens with one attached hydrogen (secondary N) is 2. The number of methoxy groups -OCH3 is 3. The Morgan fingerprint density at radius 2 is 1.88 bits per heavy atom. The van der Waals surface area contributed by atoms with Crippen LogP contribution in [0.15, 0.2) is 29.2 Å². The molecule has 1 aromatic heterocycles. The average Bonchev–Trinajstić information content (AvgIpc) is 2.60. The third-order valence-electron chi connectivity index (χ3n) is 3.41. The molecule has 0 atom stereocenters. The number of nitrogens with two attached hydrogens (primary N) is 1. The molecular weight excluding hydrogens is 314 g/mol. The van der Waals surface area contributed by atoms with Crippen LogP contribution in [0.25, 0.3) is 0 Å². The molecule has 0 spiro atoms. The number of benzene rings is 1. The molecule has 0 aliphatic heterocycles. The summed E-state index contributed by atoms with van der Waals surface area (Å²) in [5.41, 5.74) is 6.90. The largest absolute Gasteiger partial charge is 0.493 e. The van der Waals surface area contributed by atoms with Gasteiger partial charge in [-0.3, -0.25) is 9.59 Å². The number of aromatic amines is 1. The van der Waals surface area contributed by atoms with Gasteiger partial charge in [0.05, 0.1) is 32.6 Å². The van der Waals surface area contributed by atoms with E-state index in [1.54, 1.807) is 6.07 Å². The van der Waals surface area contributed by atoms with Crippen molar-refractivity contribution in [2.75, 3.05) is 27.1 Å². The van der Waals surface area contributed by atoms with Crippen LogP contribution in [0.2, 0.25) is 0 Å². The van der Waals surface area contributed by atoms with E-state index in [1.807, 2.05) is 0 Å². The second-order valence-corrected chi connectivity index (χ2v) is 4.85. The van der Waals surface area contributed by atoms with E-state index in [0.29, 0.717) is 11.5 Å². The molecule has 4 N–H and O–H groups in total. The lowest BCUT2D eigenvalue weighted by Crippen LogP contribution is -2.24. The Balaban J connectivity index is 2.28. The van der Waals surface area contributed by atoms with Crippen molar-refractivity contribution in [2.45, 2.75) is 6.54 Å². The zero-order chi connectivity index (χ0) is 17.7. The van der Waals surface area contributed by atoms with E-state index < -0.39 is 5.91 Å². The molecule has 1 aromatic carbocycles. The molecule has 0 bridgehead atoms. The van der Waals surface area contributed by atoms with Gasteiger partial charge in [0, 0.05) is 18.8 Å². The van der Waals surface area contributed by atoms with Gasteiger partial charge in [-0.1, -0.05) is 6.07 Å². The molecule has 2 aromatic rings. The minimum atomic E-state index is -0.405. The third kappa shape index (κ3) is 3.43. The molecule has 8 nitrogen and oxygen atoms in total. The van der Waals surface area contributed by atoms with Crippen LogP contribution < -0.4 is 30.8 Å². The van der Waals surface area contributed by atoms with Gasteiger partial charge in [-0.05, 0) is 11.6 Å². The topological polar surface area (TPSA) is 116 Å². The lowest BCUT2D eigenvalue weighted by atomic mass is 10.1. The summed E-state index contributed by atoms with van der Waals surface area (Å²) in [5.74, 6) is 0.469. The number of rotatable bonds is 6. The van der Waals surface area contributed by atoms with Crippen molar-refractivity contribution in [1.82, 2.24) is 10.3 Å². The van der Waals surface area contributed by atoms with E-state index in [1.165, 1.54) is 39.7 Å². The van der Waals surface area contributed by atoms with Crippen LogP contribution in [0.3, 0.4) is 0 Å². The SMILES string of the molecule is COc1cc(C(=O)NCc2ccc(=O)[nH]c2)c(N)c(OC)c1OC. The highest BCUT2D eigenvalue weighted by molar-refractivity contribution is 6.01. The van der Waals surface area contributed by atoms with E-state index in [-0.39, 0.29) is 29.1 Å². The maximum absolute atomic E-state index is 12.4. The van der Waals surface area contributed by atoms with Crippen molar-refractivity contribution < 1.29 is 19.0 Å². The monoisotopic (exact) mass is 333 g/mol. The first kappa shape index (κ1) is 17.2. The van der Waals surface area contributed by atoms with Crippen LogP contribution in [0.5, 0.6) is 17.2 Å². The molecule has 0 aliphatic carbocycles. The van der Waals surface area contributed by atoms with Crippen molar-refractivity contribution in [3.63, 3.8) is 0 Å². The molecule has 8 heteroatoms. The summed E-state index contributed by atoms with van der Waals surface area (Å²) in [4.78, 5) is 26.0. The number of aromatic nitrogens is 1.